The van der Waals surface area contributed by atoms with Crippen molar-refractivity contribution in [3.63, 3.8) is 0 Å². The van der Waals surface area contributed by atoms with Gasteiger partial charge in [0.2, 0.25) is 5.13 Å². The van der Waals surface area contributed by atoms with Gasteiger partial charge in [0.15, 0.2) is 5.96 Å². The average Bonchev–Trinajstić information content (AvgIpc) is 3.07. The SMILES string of the molecule is CCCCCCNn1cnc(-c2csc(N=C(N)N)n2)c1. The van der Waals surface area contributed by atoms with Crippen LogP contribution < -0.4 is 16.9 Å². The van der Waals surface area contributed by atoms with Crippen LogP contribution in [0.3, 0.4) is 0 Å². The van der Waals surface area contributed by atoms with Crippen molar-refractivity contribution in [2.75, 3.05) is 12.0 Å². The summed E-state index contributed by atoms with van der Waals surface area (Å²) in [6, 6.07) is 0. The molecular formula is C13H21N7S. The van der Waals surface area contributed by atoms with Crippen LogP contribution in [0.2, 0.25) is 0 Å². The van der Waals surface area contributed by atoms with Crippen LogP contribution in [-0.4, -0.2) is 27.1 Å². The van der Waals surface area contributed by atoms with E-state index in [0.29, 0.717) is 5.13 Å². The summed E-state index contributed by atoms with van der Waals surface area (Å²) >= 11 is 1.38. The molecule has 7 nitrogen and oxygen atoms in total. The number of aromatic nitrogens is 3. The predicted molar refractivity (Wildman–Crippen MR) is 87.2 cm³/mol. The molecule has 0 unspecified atom stereocenters. The van der Waals surface area contributed by atoms with Gasteiger partial charge in [0.05, 0.1) is 6.20 Å². The second-order valence-corrected chi connectivity index (χ2v) is 5.52. The summed E-state index contributed by atoms with van der Waals surface area (Å²) in [5, 5.41) is 2.42. The number of guanidine groups is 1. The Morgan fingerprint density at radius 3 is 2.95 bits per heavy atom. The molecule has 0 aliphatic rings. The minimum Gasteiger partial charge on any atom is -0.370 e. The fourth-order valence-electron chi connectivity index (χ4n) is 1.85. The number of imidazole rings is 1. The molecule has 0 saturated heterocycles. The maximum absolute atomic E-state index is 5.33. The quantitative estimate of drug-likeness (QED) is 0.393. The van der Waals surface area contributed by atoms with Crippen molar-refractivity contribution in [2.24, 2.45) is 16.5 Å². The number of nitrogens with zero attached hydrogens (tertiary/aromatic N) is 4. The Hall–Kier alpha value is -2.09. The smallest absolute Gasteiger partial charge is 0.212 e. The molecule has 5 N–H and O–H groups in total. The number of aliphatic imine (C=N–C) groups is 1. The summed E-state index contributed by atoms with van der Waals surface area (Å²) in [5.74, 6) is 0.00942. The van der Waals surface area contributed by atoms with Gasteiger partial charge in [-0.25, -0.2) is 9.97 Å². The third-order valence-electron chi connectivity index (χ3n) is 2.89. The highest BCUT2D eigenvalue weighted by Gasteiger charge is 2.07. The lowest BCUT2D eigenvalue weighted by Crippen LogP contribution is -2.21. The minimum absolute atomic E-state index is 0.00942. The van der Waals surface area contributed by atoms with Crippen LogP contribution >= 0.6 is 11.3 Å². The molecule has 0 spiro atoms. The van der Waals surface area contributed by atoms with Gasteiger partial charge < -0.3 is 16.9 Å². The molecule has 0 fully saturated rings. The molecule has 2 heterocycles. The van der Waals surface area contributed by atoms with E-state index in [-0.39, 0.29) is 5.96 Å². The number of unbranched alkanes of at least 4 members (excludes halogenated alkanes) is 3. The fourth-order valence-corrected chi connectivity index (χ4v) is 2.54. The first kappa shape index (κ1) is 15.3. The van der Waals surface area contributed by atoms with Crippen molar-refractivity contribution in [1.29, 1.82) is 0 Å². The second-order valence-electron chi connectivity index (χ2n) is 4.69. The molecule has 21 heavy (non-hydrogen) atoms. The zero-order chi connectivity index (χ0) is 15.1. The maximum atomic E-state index is 5.33. The van der Waals surface area contributed by atoms with Gasteiger partial charge in [-0.2, -0.15) is 4.99 Å². The molecule has 2 rings (SSSR count). The van der Waals surface area contributed by atoms with Crippen molar-refractivity contribution in [2.45, 2.75) is 32.6 Å². The van der Waals surface area contributed by atoms with Crippen LogP contribution in [0, 0.1) is 0 Å². The van der Waals surface area contributed by atoms with E-state index >= 15 is 0 Å². The molecule has 2 aromatic heterocycles. The molecule has 2 aromatic rings. The Balaban J connectivity index is 1.90. The second kappa shape index (κ2) is 7.63. The Labute approximate surface area is 128 Å². The van der Waals surface area contributed by atoms with Crippen molar-refractivity contribution in [3.8, 4) is 11.4 Å². The number of nitrogens with one attached hydrogen (secondary N) is 1. The number of thiazole rings is 1. The minimum atomic E-state index is 0.00942. The van der Waals surface area contributed by atoms with E-state index in [1.165, 1.54) is 30.6 Å². The highest BCUT2D eigenvalue weighted by Crippen LogP contribution is 2.25. The third-order valence-corrected chi connectivity index (χ3v) is 3.62. The first-order valence-electron chi connectivity index (χ1n) is 7.02. The normalized spacial score (nSPS) is 10.5. The molecule has 0 aromatic carbocycles. The van der Waals surface area contributed by atoms with Gasteiger partial charge in [0.25, 0.3) is 0 Å². The van der Waals surface area contributed by atoms with Gasteiger partial charge in [0.1, 0.15) is 17.7 Å². The Morgan fingerprint density at radius 2 is 2.19 bits per heavy atom. The molecular weight excluding hydrogens is 286 g/mol. The van der Waals surface area contributed by atoms with Gasteiger partial charge in [-0.15, -0.1) is 11.3 Å². The molecule has 0 radical (unpaired) electrons. The van der Waals surface area contributed by atoms with E-state index < -0.39 is 0 Å². The monoisotopic (exact) mass is 307 g/mol. The number of hydrogen-bond donors (Lipinski definition) is 3. The number of nitrogens with two attached hydrogens (primary N) is 2. The lowest BCUT2D eigenvalue weighted by molar-refractivity contribution is 0.661. The Kier molecular flexibility index (Phi) is 5.56. The van der Waals surface area contributed by atoms with Crippen molar-refractivity contribution in [3.05, 3.63) is 17.9 Å². The number of hydrogen-bond acceptors (Lipinski definition) is 5. The molecule has 114 valence electrons. The van der Waals surface area contributed by atoms with Crippen molar-refractivity contribution in [1.82, 2.24) is 14.6 Å². The van der Waals surface area contributed by atoms with Crippen LogP contribution in [0.5, 0.6) is 0 Å². The third kappa shape index (κ3) is 4.75. The van der Waals surface area contributed by atoms with E-state index in [2.05, 4.69) is 27.3 Å². The summed E-state index contributed by atoms with van der Waals surface area (Å²) in [7, 11) is 0. The summed E-state index contributed by atoms with van der Waals surface area (Å²) in [6.07, 6.45) is 8.59. The molecule has 0 bridgehead atoms. The van der Waals surface area contributed by atoms with Crippen LogP contribution in [0.15, 0.2) is 22.9 Å². The summed E-state index contributed by atoms with van der Waals surface area (Å²) in [6.45, 7) is 3.14. The van der Waals surface area contributed by atoms with E-state index in [1.54, 1.807) is 6.33 Å². The van der Waals surface area contributed by atoms with Crippen molar-refractivity contribution < 1.29 is 0 Å². The van der Waals surface area contributed by atoms with Crippen LogP contribution in [-0.2, 0) is 0 Å². The lowest BCUT2D eigenvalue weighted by atomic mass is 10.2. The fraction of sp³-hybridized carbons (Fsp3) is 0.462. The molecule has 0 amide bonds. The molecule has 0 aliphatic heterocycles. The molecule has 0 atom stereocenters. The van der Waals surface area contributed by atoms with E-state index in [1.807, 2.05) is 16.3 Å². The van der Waals surface area contributed by atoms with Gasteiger partial charge in [-0.3, -0.25) is 4.68 Å². The first-order chi connectivity index (χ1) is 10.2. The zero-order valence-corrected chi connectivity index (χ0v) is 12.9. The summed E-state index contributed by atoms with van der Waals surface area (Å²) in [5.41, 5.74) is 15.5. The topological polar surface area (TPSA) is 107 Å². The molecule has 8 heteroatoms. The molecule has 0 aliphatic carbocycles. The van der Waals surface area contributed by atoms with Gasteiger partial charge in [-0.05, 0) is 6.42 Å². The highest BCUT2D eigenvalue weighted by atomic mass is 32.1. The van der Waals surface area contributed by atoms with Gasteiger partial charge >= 0.3 is 0 Å². The van der Waals surface area contributed by atoms with Crippen LogP contribution in [0.25, 0.3) is 11.4 Å². The number of rotatable bonds is 8. The summed E-state index contributed by atoms with van der Waals surface area (Å²) in [4.78, 5) is 12.6. The zero-order valence-electron chi connectivity index (χ0n) is 12.1. The Morgan fingerprint density at radius 1 is 1.33 bits per heavy atom. The Bertz CT molecular complexity index is 583. The van der Waals surface area contributed by atoms with E-state index in [9.17, 15) is 0 Å². The maximum Gasteiger partial charge on any atom is 0.212 e. The first-order valence-corrected chi connectivity index (χ1v) is 7.90. The van der Waals surface area contributed by atoms with Gasteiger partial charge in [-0.1, -0.05) is 26.2 Å². The lowest BCUT2D eigenvalue weighted by Gasteiger charge is -2.05. The molecule has 0 saturated carbocycles. The summed E-state index contributed by atoms with van der Waals surface area (Å²) < 4.78 is 1.86. The van der Waals surface area contributed by atoms with E-state index in [0.717, 1.165) is 24.4 Å². The van der Waals surface area contributed by atoms with E-state index in [4.69, 9.17) is 11.5 Å². The largest absolute Gasteiger partial charge is 0.370 e. The highest BCUT2D eigenvalue weighted by molar-refractivity contribution is 7.13. The standard InChI is InChI=1S/C13H21N7S/c1-2-3-4-5-6-17-20-7-10(16-9-20)11-8-21-13(18-11)19-12(14)15/h7-9,17H,2-6H2,1H3,(H4,14,15,18,19). The average molecular weight is 307 g/mol. The van der Waals surface area contributed by atoms with Crippen LogP contribution in [0.1, 0.15) is 32.6 Å². The van der Waals surface area contributed by atoms with Crippen LogP contribution in [0.4, 0.5) is 5.13 Å². The van der Waals surface area contributed by atoms with Gasteiger partial charge in [0, 0.05) is 11.9 Å². The van der Waals surface area contributed by atoms with Crippen molar-refractivity contribution >= 4 is 22.4 Å². The predicted octanol–water partition coefficient (Wildman–Crippen LogP) is 2.04.